The highest BCUT2D eigenvalue weighted by molar-refractivity contribution is 7.86. The first-order valence-corrected chi connectivity index (χ1v) is 4.87. The fraction of sp³-hybridized carbons (Fsp3) is 0. The highest BCUT2D eigenvalue weighted by Crippen LogP contribution is 2.23. The van der Waals surface area contributed by atoms with Crippen molar-refractivity contribution in [3.63, 3.8) is 0 Å². The van der Waals surface area contributed by atoms with Crippen LogP contribution >= 0.6 is 0 Å². The molecule has 0 saturated heterocycles. The second-order valence-electron chi connectivity index (χ2n) is 2.49. The number of benzene rings is 1. The van der Waals surface area contributed by atoms with Gasteiger partial charge >= 0.3 is 0 Å². The predicted octanol–water partition coefficient (Wildman–Crippen LogP) is -0.262. The summed E-state index contributed by atoms with van der Waals surface area (Å²) in [7, 11) is -4.56. The summed E-state index contributed by atoms with van der Waals surface area (Å²) in [5.41, 5.74) is 4.22. The summed E-state index contributed by atoms with van der Waals surface area (Å²) in [6.07, 6.45) is 0. The number of carbonyl (C=O) groups is 1. The molecule has 7 heteroatoms. The van der Waals surface area contributed by atoms with Crippen molar-refractivity contribution in [2.45, 2.75) is 4.90 Å². The first-order valence-electron chi connectivity index (χ1n) is 3.43. The standard InChI is InChI=1S/C7H7NO5S/c8-7(10)6-4(9)2-1-3-5(6)14(11,12)13/h1-3,9H,(H2,8,10)(H,11,12,13). The molecule has 14 heavy (non-hydrogen) atoms. The molecule has 0 radical (unpaired) electrons. The van der Waals surface area contributed by atoms with Gasteiger partial charge in [-0.15, -0.1) is 0 Å². The molecule has 0 aliphatic heterocycles. The van der Waals surface area contributed by atoms with Gasteiger partial charge < -0.3 is 10.8 Å². The van der Waals surface area contributed by atoms with Gasteiger partial charge in [-0.1, -0.05) is 6.07 Å². The van der Waals surface area contributed by atoms with Crippen molar-refractivity contribution in [3.8, 4) is 5.75 Å². The minimum atomic E-state index is -4.56. The zero-order chi connectivity index (χ0) is 10.9. The van der Waals surface area contributed by atoms with Crippen LogP contribution in [0, 0.1) is 0 Å². The smallest absolute Gasteiger partial charge is 0.295 e. The van der Waals surface area contributed by atoms with Crippen molar-refractivity contribution < 1.29 is 22.9 Å². The fourth-order valence-electron chi connectivity index (χ4n) is 0.982. The molecule has 1 aromatic carbocycles. The van der Waals surface area contributed by atoms with Crippen molar-refractivity contribution in [2.75, 3.05) is 0 Å². The Morgan fingerprint density at radius 1 is 1.36 bits per heavy atom. The van der Waals surface area contributed by atoms with Crippen LogP contribution in [-0.4, -0.2) is 24.0 Å². The van der Waals surface area contributed by atoms with E-state index >= 15 is 0 Å². The van der Waals surface area contributed by atoms with Crippen LogP contribution in [0.5, 0.6) is 5.75 Å². The van der Waals surface area contributed by atoms with Gasteiger partial charge in [0.1, 0.15) is 16.2 Å². The van der Waals surface area contributed by atoms with Gasteiger partial charge in [0.2, 0.25) is 0 Å². The summed E-state index contributed by atoms with van der Waals surface area (Å²) in [5, 5.41) is 9.15. The molecule has 1 amide bonds. The van der Waals surface area contributed by atoms with Gasteiger partial charge in [0, 0.05) is 0 Å². The molecule has 0 unspecified atom stereocenters. The van der Waals surface area contributed by atoms with Crippen LogP contribution < -0.4 is 5.73 Å². The monoisotopic (exact) mass is 217 g/mol. The van der Waals surface area contributed by atoms with Crippen LogP contribution in [0.25, 0.3) is 0 Å². The maximum atomic E-state index is 10.8. The van der Waals surface area contributed by atoms with Crippen molar-refractivity contribution in [3.05, 3.63) is 23.8 Å². The van der Waals surface area contributed by atoms with Crippen LogP contribution in [0.1, 0.15) is 10.4 Å². The Hall–Kier alpha value is -1.60. The minimum absolute atomic E-state index is 0.590. The molecule has 0 aliphatic carbocycles. The number of rotatable bonds is 2. The largest absolute Gasteiger partial charge is 0.507 e. The second kappa shape index (κ2) is 3.28. The van der Waals surface area contributed by atoms with Gasteiger partial charge in [-0.05, 0) is 12.1 Å². The molecule has 76 valence electrons. The van der Waals surface area contributed by atoms with Crippen molar-refractivity contribution in [1.29, 1.82) is 0 Å². The van der Waals surface area contributed by atoms with E-state index in [0.29, 0.717) is 0 Å². The predicted molar refractivity (Wildman–Crippen MR) is 46.4 cm³/mol. The molecule has 1 rings (SSSR count). The Morgan fingerprint density at radius 2 is 1.93 bits per heavy atom. The first kappa shape index (κ1) is 10.5. The first-order chi connectivity index (χ1) is 6.34. The van der Waals surface area contributed by atoms with Crippen LogP contribution in [-0.2, 0) is 10.1 Å². The Balaban J connectivity index is 3.61. The minimum Gasteiger partial charge on any atom is -0.507 e. The molecule has 4 N–H and O–H groups in total. The number of hydrogen-bond acceptors (Lipinski definition) is 4. The van der Waals surface area contributed by atoms with E-state index in [1.54, 1.807) is 0 Å². The van der Waals surface area contributed by atoms with E-state index in [4.69, 9.17) is 15.4 Å². The summed E-state index contributed by atoms with van der Waals surface area (Å²) in [6, 6.07) is 3.23. The molecule has 0 fully saturated rings. The number of aromatic hydroxyl groups is 1. The number of amides is 1. The van der Waals surface area contributed by atoms with Crippen molar-refractivity contribution >= 4 is 16.0 Å². The van der Waals surface area contributed by atoms with E-state index in [1.807, 2.05) is 0 Å². The lowest BCUT2D eigenvalue weighted by Crippen LogP contribution is -2.16. The third-order valence-corrected chi connectivity index (χ3v) is 2.42. The summed E-state index contributed by atoms with van der Waals surface area (Å²) >= 11 is 0. The number of phenols is 1. The quantitative estimate of drug-likeness (QED) is 0.590. The van der Waals surface area contributed by atoms with Crippen LogP contribution in [0.15, 0.2) is 23.1 Å². The van der Waals surface area contributed by atoms with Gasteiger partial charge in [-0.2, -0.15) is 8.42 Å². The molecule has 0 aliphatic rings. The summed E-state index contributed by atoms with van der Waals surface area (Å²) in [5.74, 6) is -1.72. The Bertz CT molecular complexity index is 479. The summed E-state index contributed by atoms with van der Waals surface area (Å²) in [6.45, 7) is 0. The van der Waals surface area contributed by atoms with E-state index < -0.39 is 32.2 Å². The molecule has 1 aromatic rings. The third-order valence-electron chi connectivity index (χ3n) is 1.53. The molecule has 6 nitrogen and oxygen atoms in total. The lowest BCUT2D eigenvalue weighted by molar-refractivity contribution is 0.0994. The Morgan fingerprint density at radius 3 is 2.29 bits per heavy atom. The fourth-order valence-corrected chi connectivity index (χ4v) is 1.70. The molecule has 0 saturated carbocycles. The van der Waals surface area contributed by atoms with E-state index in [9.17, 15) is 13.2 Å². The molecule has 0 heterocycles. The van der Waals surface area contributed by atoms with E-state index in [-0.39, 0.29) is 0 Å². The van der Waals surface area contributed by atoms with Gasteiger partial charge in [-0.25, -0.2) is 0 Å². The van der Waals surface area contributed by atoms with Gasteiger partial charge in [-0.3, -0.25) is 9.35 Å². The molecular formula is C7H7NO5S. The van der Waals surface area contributed by atoms with Gasteiger partial charge in [0.15, 0.2) is 0 Å². The molecule has 0 spiro atoms. The number of hydrogen-bond donors (Lipinski definition) is 3. The topological polar surface area (TPSA) is 118 Å². The van der Waals surface area contributed by atoms with Gasteiger partial charge in [0.25, 0.3) is 16.0 Å². The van der Waals surface area contributed by atoms with Crippen LogP contribution in [0.4, 0.5) is 0 Å². The van der Waals surface area contributed by atoms with Gasteiger partial charge in [0.05, 0.1) is 0 Å². The maximum Gasteiger partial charge on any atom is 0.295 e. The van der Waals surface area contributed by atoms with E-state index in [2.05, 4.69) is 0 Å². The molecule has 0 bridgehead atoms. The van der Waals surface area contributed by atoms with E-state index in [1.165, 1.54) is 6.07 Å². The van der Waals surface area contributed by atoms with Crippen molar-refractivity contribution in [2.24, 2.45) is 5.73 Å². The average Bonchev–Trinajstić information content (AvgIpc) is 2.01. The lowest BCUT2D eigenvalue weighted by atomic mass is 10.2. The average molecular weight is 217 g/mol. The number of nitrogens with two attached hydrogens (primary N) is 1. The number of primary amides is 1. The second-order valence-corrected chi connectivity index (χ2v) is 3.88. The van der Waals surface area contributed by atoms with Crippen LogP contribution in [0.3, 0.4) is 0 Å². The van der Waals surface area contributed by atoms with Crippen molar-refractivity contribution in [1.82, 2.24) is 0 Å². The highest BCUT2D eigenvalue weighted by Gasteiger charge is 2.21. The summed E-state index contributed by atoms with van der Waals surface area (Å²) < 4.78 is 30.2. The van der Waals surface area contributed by atoms with E-state index in [0.717, 1.165) is 12.1 Å². The summed E-state index contributed by atoms with van der Waals surface area (Å²) in [4.78, 5) is 10.1. The Kier molecular flexibility index (Phi) is 2.45. The maximum absolute atomic E-state index is 10.8. The van der Waals surface area contributed by atoms with Crippen LogP contribution in [0.2, 0.25) is 0 Å². The number of carbonyl (C=O) groups excluding carboxylic acids is 1. The molecule has 0 aromatic heterocycles. The highest BCUT2D eigenvalue weighted by atomic mass is 32.2. The molecular weight excluding hydrogens is 210 g/mol. The zero-order valence-electron chi connectivity index (χ0n) is 6.84. The Labute approximate surface area is 79.7 Å². The lowest BCUT2D eigenvalue weighted by Gasteiger charge is -2.04. The molecule has 0 atom stereocenters. The normalized spacial score (nSPS) is 11.2. The zero-order valence-corrected chi connectivity index (χ0v) is 7.65. The third kappa shape index (κ3) is 1.83. The SMILES string of the molecule is NC(=O)c1c(O)cccc1S(=O)(=O)O.